The van der Waals surface area contributed by atoms with E-state index in [9.17, 15) is 18.0 Å². The van der Waals surface area contributed by atoms with Gasteiger partial charge in [-0.15, -0.1) is 6.58 Å². The molecule has 6 heteroatoms. The Morgan fingerprint density at radius 2 is 1.94 bits per heavy atom. The van der Waals surface area contributed by atoms with Crippen molar-refractivity contribution in [1.82, 2.24) is 0 Å². The summed E-state index contributed by atoms with van der Waals surface area (Å²) in [5.41, 5.74) is 5.01. The molecule has 3 N–H and O–H groups in total. The number of benzene rings is 1. The van der Waals surface area contributed by atoms with Gasteiger partial charge in [0.05, 0.1) is 11.6 Å². The third kappa shape index (κ3) is 3.89. The third-order valence-electron chi connectivity index (χ3n) is 2.24. The monoisotopic (exact) mass is 258 g/mol. The van der Waals surface area contributed by atoms with Gasteiger partial charge >= 0.3 is 6.18 Å². The SMILES string of the molecule is C=CCC(N)C(=O)Nc1ccc(C(F)(F)F)cc1. The molecule has 0 aromatic heterocycles. The fourth-order valence-corrected chi connectivity index (χ4v) is 1.26. The van der Waals surface area contributed by atoms with E-state index < -0.39 is 23.7 Å². The minimum atomic E-state index is -4.39. The molecule has 0 aliphatic carbocycles. The molecule has 0 saturated carbocycles. The van der Waals surface area contributed by atoms with Crippen molar-refractivity contribution in [3.63, 3.8) is 0 Å². The molecule has 0 spiro atoms. The van der Waals surface area contributed by atoms with Crippen molar-refractivity contribution in [1.29, 1.82) is 0 Å². The van der Waals surface area contributed by atoms with Gasteiger partial charge in [0.1, 0.15) is 0 Å². The maximum atomic E-state index is 12.3. The molecule has 1 unspecified atom stereocenters. The normalized spacial score (nSPS) is 12.9. The van der Waals surface area contributed by atoms with Crippen molar-refractivity contribution in [3.05, 3.63) is 42.5 Å². The second-order valence-corrected chi connectivity index (χ2v) is 3.70. The summed E-state index contributed by atoms with van der Waals surface area (Å²) < 4.78 is 36.9. The van der Waals surface area contributed by atoms with Crippen molar-refractivity contribution in [2.75, 3.05) is 5.32 Å². The van der Waals surface area contributed by atoms with Crippen LogP contribution >= 0.6 is 0 Å². The van der Waals surface area contributed by atoms with Crippen molar-refractivity contribution >= 4 is 11.6 Å². The van der Waals surface area contributed by atoms with E-state index in [1.54, 1.807) is 0 Å². The second-order valence-electron chi connectivity index (χ2n) is 3.70. The topological polar surface area (TPSA) is 55.1 Å². The summed E-state index contributed by atoms with van der Waals surface area (Å²) in [6.45, 7) is 3.44. The van der Waals surface area contributed by atoms with Crippen LogP contribution < -0.4 is 11.1 Å². The number of nitrogens with two attached hydrogens (primary N) is 1. The van der Waals surface area contributed by atoms with E-state index in [4.69, 9.17) is 5.73 Å². The van der Waals surface area contributed by atoms with E-state index in [0.29, 0.717) is 6.42 Å². The van der Waals surface area contributed by atoms with E-state index >= 15 is 0 Å². The van der Waals surface area contributed by atoms with Crippen LogP contribution in [0.1, 0.15) is 12.0 Å². The van der Waals surface area contributed by atoms with Gasteiger partial charge in [-0.2, -0.15) is 13.2 Å². The fraction of sp³-hybridized carbons (Fsp3) is 0.250. The third-order valence-corrected chi connectivity index (χ3v) is 2.24. The maximum absolute atomic E-state index is 12.3. The number of hydrogen-bond acceptors (Lipinski definition) is 2. The Bertz CT molecular complexity index is 426. The molecule has 1 atom stereocenters. The van der Waals surface area contributed by atoms with Crippen LogP contribution in [0, 0.1) is 0 Å². The highest BCUT2D eigenvalue weighted by molar-refractivity contribution is 5.94. The van der Waals surface area contributed by atoms with Crippen LogP contribution in [0.15, 0.2) is 36.9 Å². The Kier molecular flexibility index (Phi) is 4.49. The molecule has 0 aliphatic heterocycles. The summed E-state index contributed by atoms with van der Waals surface area (Å²) in [5.74, 6) is -0.463. The van der Waals surface area contributed by atoms with E-state index in [1.807, 2.05) is 0 Å². The van der Waals surface area contributed by atoms with Gasteiger partial charge in [0.25, 0.3) is 0 Å². The lowest BCUT2D eigenvalue weighted by Crippen LogP contribution is -2.35. The van der Waals surface area contributed by atoms with Crippen molar-refractivity contribution < 1.29 is 18.0 Å². The summed E-state index contributed by atoms with van der Waals surface area (Å²) in [4.78, 5) is 11.5. The average molecular weight is 258 g/mol. The molecule has 1 aromatic rings. The van der Waals surface area contributed by atoms with Gasteiger partial charge in [0.2, 0.25) is 5.91 Å². The van der Waals surface area contributed by atoms with E-state index in [2.05, 4.69) is 11.9 Å². The molecule has 1 amide bonds. The molecule has 3 nitrogen and oxygen atoms in total. The number of amides is 1. The summed E-state index contributed by atoms with van der Waals surface area (Å²) in [6, 6.07) is 3.40. The van der Waals surface area contributed by atoms with Gasteiger partial charge in [-0.25, -0.2) is 0 Å². The Morgan fingerprint density at radius 1 is 1.39 bits per heavy atom. The van der Waals surface area contributed by atoms with Gasteiger partial charge in [-0.05, 0) is 30.7 Å². The summed E-state index contributed by atoms with van der Waals surface area (Å²) in [6.07, 6.45) is -2.59. The quantitative estimate of drug-likeness (QED) is 0.815. The number of hydrogen-bond donors (Lipinski definition) is 2. The fourth-order valence-electron chi connectivity index (χ4n) is 1.26. The van der Waals surface area contributed by atoms with Gasteiger partial charge in [-0.3, -0.25) is 4.79 Å². The van der Waals surface area contributed by atoms with Gasteiger partial charge < -0.3 is 11.1 Å². The zero-order valence-corrected chi connectivity index (χ0v) is 9.50. The number of rotatable bonds is 4. The highest BCUT2D eigenvalue weighted by Crippen LogP contribution is 2.29. The molecular weight excluding hydrogens is 245 g/mol. The molecule has 1 aromatic carbocycles. The first-order valence-electron chi connectivity index (χ1n) is 5.19. The van der Waals surface area contributed by atoms with Crippen LogP contribution in [0.2, 0.25) is 0 Å². The molecular formula is C12H13F3N2O. The predicted octanol–water partition coefficient (Wildman–Crippen LogP) is 2.55. The Balaban J connectivity index is 2.70. The molecule has 0 saturated heterocycles. The molecule has 0 bridgehead atoms. The predicted molar refractivity (Wildman–Crippen MR) is 62.9 cm³/mol. The van der Waals surface area contributed by atoms with Crippen molar-refractivity contribution in [3.8, 4) is 0 Å². The Labute approximate surface area is 102 Å². The molecule has 1 rings (SSSR count). The van der Waals surface area contributed by atoms with E-state index in [-0.39, 0.29) is 5.69 Å². The van der Waals surface area contributed by atoms with E-state index in [0.717, 1.165) is 12.1 Å². The number of halogens is 3. The lowest BCUT2D eigenvalue weighted by atomic mass is 10.1. The minimum Gasteiger partial charge on any atom is -0.325 e. The molecule has 0 fully saturated rings. The standard InChI is InChI=1S/C12H13F3N2O/c1-2-3-10(16)11(18)17-9-6-4-8(5-7-9)12(13,14)15/h2,4-7,10H,1,3,16H2,(H,17,18). The lowest BCUT2D eigenvalue weighted by Gasteiger charge is -2.11. The maximum Gasteiger partial charge on any atom is 0.416 e. The van der Waals surface area contributed by atoms with Gasteiger partial charge in [0.15, 0.2) is 0 Å². The largest absolute Gasteiger partial charge is 0.416 e. The highest BCUT2D eigenvalue weighted by atomic mass is 19.4. The van der Waals surface area contributed by atoms with Gasteiger partial charge in [-0.1, -0.05) is 6.08 Å². The number of alkyl halides is 3. The molecule has 0 radical (unpaired) electrons. The van der Waals surface area contributed by atoms with Crippen LogP contribution in [-0.4, -0.2) is 11.9 Å². The lowest BCUT2D eigenvalue weighted by molar-refractivity contribution is -0.137. The van der Waals surface area contributed by atoms with Crippen LogP contribution in [-0.2, 0) is 11.0 Å². The smallest absolute Gasteiger partial charge is 0.325 e. The summed E-state index contributed by atoms with van der Waals surface area (Å²) in [7, 11) is 0. The second kappa shape index (κ2) is 5.68. The summed E-state index contributed by atoms with van der Waals surface area (Å²) >= 11 is 0. The molecule has 0 heterocycles. The number of carbonyl (C=O) groups is 1. The van der Waals surface area contributed by atoms with Gasteiger partial charge in [0, 0.05) is 5.69 Å². The summed E-state index contributed by atoms with van der Waals surface area (Å²) in [5, 5.41) is 2.43. The Hall–Kier alpha value is -1.82. The molecule has 18 heavy (non-hydrogen) atoms. The van der Waals surface area contributed by atoms with Crippen LogP contribution in [0.25, 0.3) is 0 Å². The number of anilines is 1. The highest BCUT2D eigenvalue weighted by Gasteiger charge is 2.30. The van der Waals surface area contributed by atoms with Crippen molar-refractivity contribution in [2.24, 2.45) is 5.73 Å². The first kappa shape index (κ1) is 14.2. The zero-order valence-electron chi connectivity index (χ0n) is 9.50. The minimum absolute atomic E-state index is 0.271. The number of nitrogens with one attached hydrogen (secondary N) is 1. The van der Waals surface area contributed by atoms with E-state index in [1.165, 1.54) is 18.2 Å². The van der Waals surface area contributed by atoms with Crippen LogP contribution in [0.3, 0.4) is 0 Å². The molecule has 98 valence electrons. The number of carbonyl (C=O) groups excluding carboxylic acids is 1. The Morgan fingerprint density at radius 3 is 2.39 bits per heavy atom. The first-order chi connectivity index (χ1) is 8.34. The van der Waals surface area contributed by atoms with Crippen molar-refractivity contribution in [2.45, 2.75) is 18.6 Å². The zero-order chi connectivity index (χ0) is 13.8. The first-order valence-corrected chi connectivity index (χ1v) is 5.19. The van der Waals surface area contributed by atoms with Crippen LogP contribution in [0.4, 0.5) is 18.9 Å². The average Bonchev–Trinajstić information content (AvgIpc) is 2.28. The molecule has 0 aliphatic rings. The van der Waals surface area contributed by atoms with Crippen LogP contribution in [0.5, 0.6) is 0 Å².